The summed E-state index contributed by atoms with van der Waals surface area (Å²) in [7, 11) is 0. The number of aromatic amines is 1. The van der Waals surface area contributed by atoms with Gasteiger partial charge in [0.1, 0.15) is 10.9 Å². The molecule has 5 nitrogen and oxygen atoms in total. The molecule has 1 aliphatic rings. The number of imidazole rings is 1. The molecule has 0 atom stereocenters. The minimum Gasteiger partial charge on any atom is -0.396 e. The standard InChI is InChI=1S/C16H14N4OS/c17-8-10-5-11(9-18)7-13(6-10)22-16-15(12-1-2-12)19-14(20-16)3-4-21/h5-7,12,21H,1-4H2,(H,19,20). The Morgan fingerprint density at radius 3 is 2.45 bits per heavy atom. The zero-order valence-corrected chi connectivity index (χ0v) is 12.7. The fraction of sp³-hybridized carbons (Fsp3) is 0.312. The fourth-order valence-electron chi connectivity index (χ4n) is 2.27. The first kappa shape index (κ1) is 14.6. The molecule has 2 aromatic rings. The third-order valence-corrected chi connectivity index (χ3v) is 4.44. The van der Waals surface area contributed by atoms with Crippen LogP contribution in [0, 0.1) is 22.7 Å². The zero-order valence-electron chi connectivity index (χ0n) is 11.8. The molecular formula is C16H14N4OS. The van der Waals surface area contributed by atoms with Gasteiger partial charge in [0.05, 0.1) is 35.6 Å². The molecule has 1 fully saturated rings. The third-order valence-electron chi connectivity index (χ3n) is 3.46. The van der Waals surface area contributed by atoms with Crippen LogP contribution in [-0.2, 0) is 6.42 Å². The molecule has 110 valence electrons. The van der Waals surface area contributed by atoms with Crippen molar-refractivity contribution in [1.29, 1.82) is 10.5 Å². The lowest BCUT2D eigenvalue weighted by atomic mass is 10.1. The number of rotatable bonds is 5. The van der Waals surface area contributed by atoms with Crippen LogP contribution in [0.15, 0.2) is 28.1 Å². The van der Waals surface area contributed by atoms with Crippen LogP contribution in [-0.4, -0.2) is 21.7 Å². The quantitative estimate of drug-likeness (QED) is 0.885. The Kier molecular flexibility index (Phi) is 4.15. The van der Waals surface area contributed by atoms with Crippen LogP contribution in [0.1, 0.15) is 41.4 Å². The number of nitrogens with one attached hydrogen (secondary N) is 1. The summed E-state index contributed by atoms with van der Waals surface area (Å²) in [4.78, 5) is 8.68. The highest BCUT2D eigenvalue weighted by molar-refractivity contribution is 7.99. The lowest BCUT2D eigenvalue weighted by Gasteiger charge is -2.02. The van der Waals surface area contributed by atoms with Crippen molar-refractivity contribution in [3.05, 3.63) is 40.8 Å². The number of aromatic nitrogens is 2. The molecule has 1 aromatic heterocycles. The highest BCUT2D eigenvalue weighted by Gasteiger charge is 2.29. The van der Waals surface area contributed by atoms with E-state index in [-0.39, 0.29) is 6.61 Å². The van der Waals surface area contributed by atoms with Gasteiger partial charge in [-0.1, -0.05) is 11.8 Å². The van der Waals surface area contributed by atoms with Crippen LogP contribution >= 0.6 is 11.8 Å². The number of H-pyrrole nitrogens is 1. The molecule has 1 aliphatic carbocycles. The second kappa shape index (κ2) is 6.23. The molecule has 0 radical (unpaired) electrons. The van der Waals surface area contributed by atoms with Gasteiger partial charge in [-0.3, -0.25) is 0 Å². The highest BCUT2D eigenvalue weighted by atomic mass is 32.2. The largest absolute Gasteiger partial charge is 0.396 e. The Morgan fingerprint density at radius 2 is 1.91 bits per heavy atom. The summed E-state index contributed by atoms with van der Waals surface area (Å²) in [5.74, 6) is 1.29. The normalized spacial score (nSPS) is 13.6. The molecule has 1 aromatic carbocycles. The summed E-state index contributed by atoms with van der Waals surface area (Å²) in [6.45, 7) is 0.0597. The first-order chi connectivity index (χ1) is 10.7. The number of benzene rings is 1. The van der Waals surface area contributed by atoms with Crippen LogP contribution in [0.25, 0.3) is 0 Å². The summed E-state index contributed by atoms with van der Waals surface area (Å²) < 4.78 is 0. The minimum atomic E-state index is 0.0597. The predicted molar refractivity (Wildman–Crippen MR) is 81.3 cm³/mol. The van der Waals surface area contributed by atoms with Crippen molar-refractivity contribution < 1.29 is 5.11 Å². The molecule has 22 heavy (non-hydrogen) atoms. The summed E-state index contributed by atoms with van der Waals surface area (Å²) in [6.07, 6.45) is 2.80. The van der Waals surface area contributed by atoms with Gasteiger partial charge in [0.15, 0.2) is 0 Å². The number of hydrogen-bond acceptors (Lipinski definition) is 5. The molecule has 0 amide bonds. The monoisotopic (exact) mass is 310 g/mol. The second-order valence-electron chi connectivity index (χ2n) is 5.22. The van der Waals surface area contributed by atoms with E-state index in [1.165, 1.54) is 11.8 Å². The van der Waals surface area contributed by atoms with E-state index < -0.39 is 0 Å². The summed E-state index contributed by atoms with van der Waals surface area (Å²) in [5.41, 5.74) is 2.05. The number of aliphatic hydroxyl groups is 1. The van der Waals surface area contributed by atoms with Gasteiger partial charge in [-0.05, 0) is 31.0 Å². The van der Waals surface area contributed by atoms with Crippen LogP contribution in [0.2, 0.25) is 0 Å². The van der Waals surface area contributed by atoms with Crippen molar-refractivity contribution >= 4 is 11.8 Å². The lowest BCUT2D eigenvalue weighted by Crippen LogP contribution is -1.92. The maximum atomic E-state index is 9.06. The molecule has 6 heteroatoms. The summed E-state index contributed by atoms with van der Waals surface area (Å²) in [6, 6.07) is 9.26. The molecule has 3 rings (SSSR count). The average molecular weight is 310 g/mol. The molecule has 0 bridgehead atoms. The Labute approximate surface area is 132 Å². The fourth-order valence-corrected chi connectivity index (χ4v) is 3.35. The van der Waals surface area contributed by atoms with Crippen LogP contribution in [0.5, 0.6) is 0 Å². The maximum absolute atomic E-state index is 9.06. The number of aliphatic hydroxyl groups excluding tert-OH is 1. The predicted octanol–water partition coefficient (Wildman–Crippen LogP) is 2.72. The van der Waals surface area contributed by atoms with Crippen molar-refractivity contribution in [1.82, 2.24) is 9.97 Å². The number of nitrogens with zero attached hydrogens (tertiary/aromatic N) is 3. The zero-order chi connectivity index (χ0) is 15.5. The first-order valence-corrected chi connectivity index (χ1v) is 7.88. The molecule has 0 spiro atoms. The van der Waals surface area contributed by atoms with Crippen molar-refractivity contribution in [3.8, 4) is 12.1 Å². The van der Waals surface area contributed by atoms with Gasteiger partial charge in [0.2, 0.25) is 0 Å². The van der Waals surface area contributed by atoms with Gasteiger partial charge in [-0.25, -0.2) is 4.98 Å². The third kappa shape index (κ3) is 3.14. The maximum Gasteiger partial charge on any atom is 0.122 e. The molecule has 2 N–H and O–H groups in total. The molecule has 0 saturated heterocycles. The Bertz CT molecular complexity index is 748. The van der Waals surface area contributed by atoms with Crippen molar-refractivity contribution in [2.75, 3.05) is 6.61 Å². The average Bonchev–Trinajstić information content (AvgIpc) is 3.30. The molecule has 0 unspecified atom stereocenters. The molecule has 0 aliphatic heterocycles. The smallest absolute Gasteiger partial charge is 0.122 e. The highest BCUT2D eigenvalue weighted by Crippen LogP contribution is 2.44. The van der Waals surface area contributed by atoms with Crippen molar-refractivity contribution in [3.63, 3.8) is 0 Å². The van der Waals surface area contributed by atoms with E-state index in [0.29, 0.717) is 23.5 Å². The van der Waals surface area contributed by atoms with E-state index in [0.717, 1.165) is 34.3 Å². The van der Waals surface area contributed by atoms with Crippen molar-refractivity contribution in [2.45, 2.75) is 35.1 Å². The van der Waals surface area contributed by atoms with E-state index in [4.69, 9.17) is 15.6 Å². The Morgan fingerprint density at radius 1 is 1.23 bits per heavy atom. The van der Waals surface area contributed by atoms with E-state index in [9.17, 15) is 0 Å². The summed E-state index contributed by atoms with van der Waals surface area (Å²) >= 11 is 1.46. The van der Waals surface area contributed by atoms with Crippen LogP contribution in [0.3, 0.4) is 0 Å². The van der Waals surface area contributed by atoms with Crippen molar-refractivity contribution in [2.24, 2.45) is 0 Å². The van der Waals surface area contributed by atoms with Gasteiger partial charge >= 0.3 is 0 Å². The Balaban J connectivity index is 1.92. The lowest BCUT2D eigenvalue weighted by molar-refractivity contribution is 0.297. The SMILES string of the molecule is N#Cc1cc(C#N)cc(Sc2nc(CCO)[nH]c2C2CC2)c1. The molecular weight excluding hydrogens is 296 g/mol. The number of nitriles is 2. The topological polar surface area (TPSA) is 96.5 Å². The van der Waals surface area contributed by atoms with Gasteiger partial charge in [0.25, 0.3) is 0 Å². The first-order valence-electron chi connectivity index (χ1n) is 7.06. The minimum absolute atomic E-state index is 0.0597. The van der Waals surface area contributed by atoms with Gasteiger partial charge in [0, 0.05) is 17.2 Å². The second-order valence-corrected chi connectivity index (χ2v) is 6.28. The van der Waals surface area contributed by atoms with Gasteiger partial charge in [-0.2, -0.15) is 10.5 Å². The Hall–Kier alpha value is -2.28. The van der Waals surface area contributed by atoms with E-state index in [1.807, 2.05) is 0 Å². The van der Waals surface area contributed by atoms with E-state index >= 15 is 0 Å². The van der Waals surface area contributed by atoms with E-state index in [2.05, 4.69) is 22.1 Å². The van der Waals surface area contributed by atoms with Gasteiger partial charge in [-0.15, -0.1) is 0 Å². The van der Waals surface area contributed by atoms with Gasteiger partial charge < -0.3 is 10.1 Å². The van der Waals surface area contributed by atoms with Crippen LogP contribution < -0.4 is 0 Å². The van der Waals surface area contributed by atoms with Crippen LogP contribution in [0.4, 0.5) is 0 Å². The van der Waals surface area contributed by atoms with E-state index in [1.54, 1.807) is 18.2 Å². The molecule has 1 saturated carbocycles. The number of hydrogen-bond donors (Lipinski definition) is 2. The summed E-state index contributed by atoms with van der Waals surface area (Å²) in [5, 5.41) is 28.1. The molecule has 1 heterocycles.